The Balaban J connectivity index is 2.21. The van der Waals surface area contributed by atoms with E-state index in [-0.39, 0.29) is 35.3 Å². The third kappa shape index (κ3) is 4.20. The van der Waals surface area contributed by atoms with Gasteiger partial charge >= 0.3 is 0 Å². The lowest BCUT2D eigenvalue weighted by atomic mass is 9.87. The molecule has 6 nitrogen and oxygen atoms in total. The van der Waals surface area contributed by atoms with Gasteiger partial charge in [-0.1, -0.05) is 19.9 Å². The molecule has 2 rings (SSSR count). The Kier molecular flexibility index (Phi) is 5.74. The van der Waals surface area contributed by atoms with Gasteiger partial charge in [-0.05, 0) is 30.0 Å². The van der Waals surface area contributed by atoms with E-state index >= 15 is 0 Å². The zero-order chi connectivity index (χ0) is 17.9. The van der Waals surface area contributed by atoms with E-state index in [1.54, 1.807) is 26.4 Å². The molecule has 134 valence electrons. The summed E-state index contributed by atoms with van der Waals surface area (Å²) in [5.41, 5.74) is 0.820. The molecule has 2 unspecified atom stereocenters. The largest absolute Gasteiger partial charge is 0.493 e. The van der Waals surface area contributed by atoms with Crippen LogP contribution in [-0.4, -0.2) is 46.1 Å². The summed E-state index contributed by atoms with van der Waals surface area (Å²) < 4.78 is 33.7. The van der Waals surface area contributed by atoms with Gasteiger partial charge in [0.15, 0.2) is 21.3 Å². The number of sulfone groups is 1. The summed E-state index contributed by atoms with van der Waals surface area (Å²) in [6, 6.07) is 5.12. The molecule has 1 heterocycles. The molecule has 1 aromatic carbocycles. The van der Waals surface area contributed by atoms with E-state index in [0.29, 0.717) is 17.9 Å². The summed E-state index contributed by atoms with van der Waals surface area (Å²) in [4.78, 5) is 12.7. The minimum Gasteiger partial charge on any atom is -0.493 e. The molecule has 1 aliphatic rings. The van der Waals surface area contributed by atoms with Gasteiger partial charge in [-0.25, -0.2) is 8.42 Å². The van der Waals surface area contributed by atoms with Crippen LogP contribution in [0.4, 0.5) is 0 Å². The number of carbonyl (C=O) groups excluding carboxylic acids is 1. The molecule has 7 heteroatoms. The molecule has 0 spiro atoms. The third-order valence-corrected chi connectivity index (χ3v) is 6.06. The van der Waals surface area contributed by atoms with Gasteiger partial charge in [0.2, 0.25) is 5.91 Å². The Morgan fingerprint density at radius 3 is 2.38 bits per heavy atom. The predicted molar refractivity (Wildman–Crippen MR) is 92.3 cm³/mol. The zero-order valence-corrected chi connectivity index (χ0v) is 15.4. The van der Waals surface area contributed by atoms with Crippen LogP contribution in [0, 0.1) is 5.92 Å². The molecule has 1 aromatic rings. The Labute approximate surface area is 143 Å². The molecular weight excluding hydrogens is 330 g/mol. The van der Waals surface area contributed by atoms with Gasteiger partial charge in [0.25, 0.3) is 0 Å². The van der Waals surface area contributed by atoms with Crippen molar-refractivity contribution in [2.45, 2.75) is 32.2 Å². The first-order chi connectivity index (χ1) is 11.3. The van der Waals surface area contributed by atoms with Gasteiger partial charge in [0, 0.05) is 6.04 Å². The van der Waals surface area contributed by atoms with Gasteiger partial charge in [-0.15, -0.1) is 0 Å². The lowest BCUT2D eigenvalue weighted by Crippen LogP contribution is -2.40. The van der Waals surface area contributed by atoms with Crippen LogP contribution in [0.1, 0.15) is 31.7 Å². The Morgan fingerprint density at radius 1 is 1.21 bits per heavy atom. The summed E-state index contributed by atoms with van der Waals surface area (Å²) in [6.45, 7) is 3.93. The van der Waals surface area contributed by atoms with Crippen LogP contribution in [0.25, 0.3) is 0 Å². The van der Waals surface area contributed by atoms with Gasteiger partial charge in [0.1, 0.15) is 0 Å². The summed E-state index contributed by atoms with van der Waals surface area (Å²) in [7, 11) is 0.0887. The van der Waals surface area contributed by atoms with E-state index in [0.717, 1.165) is 5.56 Å². The van der Waals surface area contributed by atoms with Crippen LogP contribution in [0.15, 0.2) is 18.2 Å². The lowest BCUT2D eigenvalue weighted by Gasteiger charge is -2.23. The second-order valence-corrected chi connectivity index (χ2v) is 8.67. The number of ether oxygens (including phenoxy) is 2. The molecule has 2 atom stereocenters. The van der Waals surface area contributed by atoms with Crippen molar-refractivity contribution < 1.29 is 22.7 Å². The van der Waals surface area contributed by atoms with E-state index in [9.17, 15) is 13.2 Å². The van der Waals surface area contributed by atoms with Crippen molar-refractivity contribution in [2.75, 3.05) is 25.7 Å². The fraction of sp³-hybridized carbons (Fsp3) is 0.588. The third-order valence-electron chi connectivity index (χ3n) is 4.29. The van der Waals surface area contributed by atoms with E-state index in [1.165, 1.54) is 0 Å². The first-order valence-electron chi connectivity index (χ1n) is 8.00. The van der Waals surface area contributed by atoms with E-state index < -0.39 is 9.84 Å². The fourth-order valence-electron chi connectivity index (χ4n) is 3.09. The maximum atomic E-state index is 12.7. The minimum absolute atomic E-state index is 0.0233. The van der Waals surface area contributed by atoms with Crippen molar-refractivity contribution in [3.63, 3.8) is 0 Å². The average molecular weight is 355 g/mol. The summed E-state index contributed by atoms with van der Waals surface area (Å²) in [5.74, 6) is 0.854. The molecule has 0 bridgehead atoms. The molecule has 24 heavy (non-hydrogen) atoms. The molecule has 1 N–H and O–H groups in total. The molecule has 1 fully saturated rings. The highest BCUT2D eigenvalue weighted by molar-refractivity contribution is 7.91. The Bertz CT molecular complexity index is 699. The predicted octanol–water partition coefficient (Wildman–Crippen LogP) is 1.75. The normalized spacial score (nSPS) is 20.6. The highest BCUT2D eigenvalue weighted by Gasteiger charge is 2.32. The molecule has 0 radical (unpaired) electrons. The number of carbonyl (C=O) groups is 1. The number of methoxy groups -OCH3 is 2. The Morgan fingerprint density at radius 2 is 1.88 bits per heavy atom. The quantitative estimate of drug-likeness (QED) is 0.841. The van der Waals surface area contributed by atoms with Gasteiger partial charge < -0.3 is 14.8 Å². The van der Waals surface area contributed by atoms with Crippen molar-refractivity contribution in [3.8, 4) is 11.5 Å². The molecular formula is C17H25NO5S. The number of benzene rings is 1. The van der Waals surface area contributed by atoms with Gasteiger partial charge in [0.05, 0.1) is 31.6 Å². The second kappa shape index (κ2) is 7.42. The van der Waals surface area contributed by atoms with Gasteiger partial charge in [-0.3, -0.25) is 4.79 Å². The monoisotopic (exact) mass is 355 g/mol. The van der Waals surface area contributed by atoms with E-state index in [2.05, 4.69) is 5.32 Å². The smallest absolute Gasteiger partial charge is 0.228 e. The molecule has 1 saturated heterocycles. The summed E-state index contributed by atoms with van der Waals surface area (Å²) in [6.07, 6.45) is 0.477. The van der Waals surface area contributed by atoms with Crippen molar-refractivity contribution in [1.82, 2.24) is 5.32 Å². The molecule has 1 amide bonds. The van der Waals surface area contributed by atoms with Crippen molar-refractivity contribution in [3.05, 3.63) is 23.8 Å². The molecule has 1 aliphatic heterocycles. The number of nitrogens with one attached hydrogen (secondary N) is 1. The van der Waals surface area contributed by atoms with Gasteiger partial charge in [-0.2, -0.15) is 0 Å². The topological polar surface area (TPSA) is 81.7 Å². The highest BCUT2D eigenvalue weighted by atomic mass is 32.2. The highest BCUT2D eigenvalue weighted by Crippen LogP contribution is 2.33. The first kappa shape index (κ1) is 18.6. The number of hydrogen-bond donors (Lipinski definition) is 1. The standard InChI is InChI=1S/C17H25NO5S/c1-11(2)16(12-5-6-14(22-3)15(9-12)23-4)17(19)18-13-7-8-24(20,21)10-13/h5-6,9,11,13,16H,7-8,10H2,1-4H3,(H,18,19). The fourth-order valence-corrected chi connectivity index (χ4v) is 4.76. The number of rotatable bonds is 6. The first-order valence-corrected chi connectivity index (χ1v) is 9.82. The maximum absolute atomic E-state index is 12.7. The molecule has 0 aliphatic carbocycles. The van der Waals surface area contributed by atoms with Crippen LogP contribution >= 0.6 is 0 Å². The van der Waals surface area contributed by atoms with Crippen LogP contribution in [-0.2, 0) is 14.6 Å². The van der Waals surface area contributed by atoms with Crippen LogP contribution < -0.4 is 14.8 Å². The zero-order valence-electron chi connectivity index (χ0n) is 14.5. The summed E-state index contributed by atoms with van der Waals surface area (Å²) >= 11 is 0. The number of amides is 1. The number of hydrogen-bond acceptors (Lipinski definition) is 5. The SMILES string of the molecule is COc1ccc(C(C(=O)NC2CCS(=O)(=O)C2)C(C)C)cc1OC. The molecule has 0 aromatic heterocycles. The van der Waals surface area contributed by atoms with E-state index in [1.807, 2.05) is 19.9 Å². The average Bonchev–Trinajstić information content (AvgIpc) is 2.85. The maximum Gasteiger partial charge on any atom is 0.228 e. The van der Waals surface area contributed by atoms with Crippen molar-refractivity contribution in [1.29, 1.82) is 0 Å². The summed E-state index contributed by atoms with van der Waals surface area (Å²) in [5, 5.41) is 2.89. The van der Waals surface area contributed by atoms with Crippen LogP contribution in [0.3, 0.4) is 0 Å². The minimum atomic E-state index is -3.02. The lowest BCUT2D eigenvalue weighted by molar-refractivity contribution is -0.124. The van der Waals surface area contributed by atoms with Crippen LogP contribution in [0.5, 0.6) is 11.5 Å². The Hall–Kier alpha value is -1.76. The van der Waals surface area contributed by atoms with Crippen molar-refractivity contribution >= 4 is 15.7 Å². The van der Waals surface area contributed by atoms with Crippen molar-refractivity contribution in [2.24, 2.45) is 5.92 Å². The van der Waals surface area contributed by atoms with Crippen LogP contribution in [0.2, 0.25) is 0 Å². The second-order valence-electron chi connectivity index (χ2n) is 6.44. The molecule has 0 saturated carbocycles. The van der Waals surface area contributed by atoms with E-state index in [4.69, 9.17) is 9.47 Å².